The Morgan fingerprint density at radius 3 is 3.00 bits per heavy atom. The molecule has 1 aliphatic rings. The Morgan fingerprint density at radius 2 is 2.50 bits per heavy atom. The molecule has 0 aromatic carbocycles. The Balaban J connectivity index is 2.44. The first-order chi connectivity index (χ1) is 4.84. The molecule has 10 heavy (non-hydrogen) atoms. The molecule has 1 atom stereocenters. The second-order valence-electron chi connectivity index (χ2n) is 2.73. The monoisotopic (exact) mass is 157 g/mol. The number of nitrogens with zero attached hydrogens (tertiary/aromatic N) is 1. The van der Waals surface area contributed by atoms with Gasteiger partial charge in [0.15, 0.2) is 0 Å². The molecule has 0 radical (unpaired) electrons. The number of rotatable bonds is 2. The van der Waals surface area contributed by atoms with Crippen LogP contribution in [0.3, 0.4) is 0 Å². The Bertz CT molecular complexity index is 131. The van der Waals surface area contributed by atoms with Crippen molar-refractivity contribution in [2.75, 3.05) is 12.3 Å². The minimum atomic E-state index is 0.699. The molecule has 0 aliphatic carbocycles. The van der Waals surface area contributed by atoms with Crippen LogP contribution in [0.1, 0.15) is 26.7 Å². The molecule has 0 saturated heterocycles. The molecule has 1 heterocycles. The summed E-state index contributed by atoms with van der Waals surface area (Å²) in [5, 5.41) is 1.38. The molecule has 0 aromatic rings. The van der Waals surface area contributed by atoms with E-state index in [1.165, 1.54) is 23.6 Å². The minimum Gasteiger partial charge on any atom is -0.283 e. The van der Waals surface area contributed by atoms with Crippen LogP contribution in [0.2, 0.25) is 0 Å². The van der Waals surface area contributed by atoms with E-state index >= 15 is 0 Å². The van der Waals surface area contributed by atoms with Gasteiger partial charge in [0, 0.05) is 18.2 Å². The van der Waals surface area contributed by atoms with Gasteiger partial charge in [-0.15, -0.1) is 11.8 Å². The first kappa shape index (κ1) is 8.12. The predicted octanol–water partition coefficient (Wildman–Crippen LogP) is 2.57. The van der Waals surface area contributed by atoms with E-state index < -0.39 is 0 Å². The molecule has 0 aromatic heterocycles. The quantitative estimate of drug-likeness (QED) is 0.600. The molecule has 58 valence electrons. The highest BCUT2D eigenvalue weighted by molar-refractivity contribution is 8.14. The summed E-state index contributed by atoms with van der Waals surface area (Å²) in [6.07, 6.45) is 2.50. The van der Waals surface area contributed by atoms with E-state index in [1.807, 2.05) is 11.8 Å². The van der Waals surface area contributed by atoms with Crippen LogP contribution in [-0.2, 0) is 0 Å². The van der Waals surface area contributed by atoms with Crippen LogP contribution < -0.4 is 0 Å². The summed E-state index contributed by atoms with van der Waals surface area (Å²) in [4.78, 5) is 4.48. The molecule has 1 nitrogen and oxygen atoms in total. The third-order valence-corrected chi connectivity index (χ3v) is 3.17. The molecule has 0 amide bonds. The summed E-state index contributed by atoms with van der Waals surface area (Å²) >= 11 is 1.95. The molecule has 0 spiro atoms. The van der Waals surface area contributed by atoms with Crippen molar-refractivity contribution in [2.45, 2.75) is 26.7 Å². The van der Waals surface area contributed by atoms with Crippen LogP contribution in [0.5, 0.6) is 0 Å². The van der Waals surface area contributed by atoms with Gasteiger partial charge in [-0.2, -0.15) is 0 Å². The molecule has 1 unspecified atom stereocenters. The number of hydrogen-bond donors (Lipinski definition) is 0. The Labute approximate surface area is 67.3 Å². The summed E-state index contributed by atoms with van der Waals surface area (Å²) in [5.74, 6) is 1.98. The van der Waals surface area contributed by atoms with Crippen LogP contribution in [0.25, 0.3) is 0 Å². The molecule has 0 saturated carbocycles. The van der Waals surface area contributed by atoms with Crippen molar-refractivity contribution >= 4 is 16.8 Å². The van der Waals surface area contributed by atoms with Crippen LogP contribution in [0, 0.1) is 5.92 Å². The molecule has 0 N–H and O–H groups in total. The van der Waals surface area contributed by atoms with Crippen LogP contribution in [0.4, 0.5) is 0 Å². The van der Waals surface area contributed by atoms with Crippen molar-refractivity contribution in [1.29, 1.82) is 0 Å². The average Bonchev–Trinajstić information content (AvgIpc) is 2.05. The number of aliphatic imine (C=N–C) groups is 1. The molecular formula is C8H15NS. The SMILES string of the molecule is CCC(C)C1=NCCCS1. The molecule has 1 rings (SSSR count). The normalized spacial score (nSPS) is 22.0. The number of thioether (sulfide) groups is 1. The summed E-state index contributed by atoms with van der Waals surface area (Å²) in [6, 6.07) is 0. The zero-order chi connectivity index (χ0) is 7.40. The van der Waals surface area contributed by atoms with Gasteiger partial charge in [0.1, 0.15) is 0 Å². The average molecular weight is 157 g/mol. The van der Waals surface area contributed by atoms with Crippen molar-refractivity contribution in [2.24, 2.45) is 10.9 Å². The van der Waals surface area contributed by atoms with E-state index in [2.05, 4.69) is 18.8 Å². The molecule has 0 bridgehead atoms. The molecule has 0 fully saturated rings. The van der Waals surface area contributed by atoms with Crippen molar-refractivity contribution in [3.8, 4) is 0 Å². The first-order valence-electron chi connectivity index (χ1n) is 4.01. The second-order valence-corrected chi connectivity index (χ2v) is 3.85. The van der Waals surface area contributed by atoms with Crippen molar-refractivity contribution < 1.29 is 0 Å². The highest BCUT2D eigenvalue weighted by Crippen LogP contribution is 2.20. The Hall–Kier alpha value is 0.0200. The Morgan fingerprint density at radius 1 is 1.70 bits per heavy atom. The van der Waals surface area contributed by atoms with E-state index in [4.69, 9.17) is 0 Å². The topological polar surface area (TPSA) is 12.4 Å². The van der Waals surface area contributed by atoms with Crippen molar-refractivity contribution in [1.82, 2.24) is 0 Å². The van der Waals surface area contributed by atoms with Gasteiger partial charge in [0.2, 0.25) is 0 Å². The van der Waals surface area contributed by atoms with Crippen LogP contribution in [-0.4, -0.2) is 17.3 Å². The zero-order valence-corrected chi connectivity index (χ0v) is 7.58. The van der Waals surface area contributed by atoms with Crippen LogP contribution >= 0.6 is 11.8 Å². The van der Waals surface area contributed by atoms with E-state index in [0.29, 0.717) is 5.92 Å². The van der Waals surface area contributed by atoms with Gasteiger partial charge in [-0.1, -0.05) is 13.8 Å². The molecule has 1 aliphatic heterocycles. The third kappa shape index (κ3) is 2.01. The zero-order valence-electron chi connectivity index (χ0n) is 6.76. The fourth-order valence-corrected chi connectivity index (χ4v) is 2.07. The lowest BCUT2D eigenvalue weighted by Crippen LogP contribution is -2.11. The predicted molar refractivity (Wildman–Crippen MR) is 48.8 cm³/mol. The maximum absolute atomic E-state index is 4.48. The third-order valence-electron chi connectivity index (χ3n) is 1.85. The largest absolute Gasteiger partial charge is 0.283 e. The standard InChI is InChI=1S/C8H15NS/c1-3-7(2)8-9-5-4-6-10-8/h7H,3-6H2,1-2H3. The van der Waals surface area contributed by atoms with Gasteiger partial charge >= 0.3 is 0 Å². The summed E-state index contributed by atoms with van der Waals surface area (Å²) < 4.78 is 0. The second kappa shape index (κ2) is 4.02. The van der Waals surface area contributed by atoms with Crippen molar-refractivity contribution in [3.63, 3.8) is 0 Å². The minimum absolute atomic E-state index is 0.699. The number of hydrogen-bond acceptors (Lipinski definition) is 2. The molecule has 2 heteroatoms. The smallest absolute Gasteiger partial charge is 0.0704 e. The van der Waals surface area contributed by atoms with Crippen molar-refractivity contribution in [3.05, 3.63) is 0 Å². The molecular weight excluding hydrogens is 142 g/mol. The van der Waals surface area contributed by atoms with Gasteiger partial charge in [0.05, 0.1) is 5.04 Å². The first-order valence-corrected chi connectivity index (χ1v) is 5.00. The fraction of sp³-hybridized carbons (Fsp3) is 0.875. The summed E-state index contributed by atoms with van der Waals surface area (Å²) in [7, 11) is 0. The van der Waals surface area contributed by atoms with Gasteiger partial charge in [-0.3, -0.25) is 4.99 Å². The fourth-order valence-electron chi connectivity index (χ4n) is 0.949. The maximum Gasteiger partial charge on any atom is 0.0704 e. The Kier molecular flexibility index (Phi) is 3.26. The lowest BCUT2D eigenvalue weighted by molar-refractivity contribution is 0.740. The van der Waals surface area contributed by atoms with Gasteiger partial charge in [0.25, 0.3) is 0 Å². The van der Waals surface area contributed by atoms with E-state index in [1.54, 1.807) is 0 Å². The lowest BCUT2D eigenvalue weighted by Gasteiger charge is -2.15. The summed E-state index contributed by atoms with van der Waals surface area (Å²) in [6.45, 7) is 5.55. The van der Waals surface area contributed by atoms with E-state index in [9.17, 15) is 0 Å². The van der Waals surface area contributed by atoms with Gasteiger partial charge in [-0.05, 0) is 12.8 Å². The van der Waals surface area contributed by atoms with E-state index in [0.717, 1.165) is 6.54 Å². The van der Waals surface area contributed by atoms with Gasteiger partial charge < -0.3 is 0 Å². The van der Waals surface area contributed by atoms with E-state index in [-0.39, 0.29) is 0 Å². The summed E-state index contributed by atoms with van der Waals surface area (Å²) in [5.41, 5.74) is 0. The van der Waals surface area contributed by atoms with Gasteiger partial charge in [-0.25, -0.2) is 0 Å². The highest BCUT2D eigenvalue weighted by atomic mass is 32.2. The maximum atomic E-state index is 4.48. The van der Waals surface area contributed by atoms with Crippen LogP contribution in [0.15, 0.2) is 4.99 Å². The highest BCUT2D eigenvalue weighted by Gasteiger charge is 2.11. The lowest BCUT2D eigenvalue weighted by atomic mass is 10.1.